The van der Waals surface area contributed by atoms with Crippen LogP contribution in [0, 0.1) is 0 Å². The standard InChI is InChI=1S/C36H46N4O5/c1-36(2,3)40(35(43)44)30(20-25-12-14-27-9-5-6-10-28(27)19-25)22-33(42)38-16-7-11-29(23-38)34-37-31-15-13-26(24-41)21-32(31)39(34)17-8-18-45-4/h5-6,9-10,12-15,19,21,29-30,41H,7-8,11,16-18,20,22-24H2,1-4H3,(H,43,44)/t29?,30-/m1/s1. The first-order chi connectivity index (χ1) is 21.6. The van der Waals surface area contributed by atoms with Crippen LogP contribution in [0.1, 0.15) is 69.3 Å². The third-order valence-electron chi connectivity index (χ3n) is 8.88. The van der Waals surface area contributed by atoms with E-state index in [9.17, 15) is 19.8 Å². The van der Waals surface area contributed by atoms with Gasteiger partial charge in [0.05, 0.1) is 17.6 Å². The Bertz CT molecular complexity index is 1640. The molecule has 0 radical (unpaired) electrons. The summed E-state index contributed by atoms with van der Waals surface area (Å²) >= 11 is 0. The number of hydrogen-bond acceptors (Lipinski definition) is 5. The molecule has 0 bridgehead atoms. The molecule has 1 aliphatic rings. The van der Waals surface area contributed by atoms with Gasteiger partial charge in [-0.05, 0) is 80.5 Å². The number of ether oxygens (including phenoxy) is 1. The molecule has 9 heteroatoms. The van der Waals surface area contributed by atoms with Crippen LogP contribution in [0.3, 0.4) is 0 Å². The number of nitrogens with zero attached hydrogens (tertiary/aromatic N) is 4. The number of carboxylic acid groups (broad SMARTS) is 1. The van der Waals surface area contributed by atoms with E-state index in [1.165, 1.54) is 4.90 Å². The molecule has 240 valence electrons. The van der Waals surface area contributed by atoms with Crippen LogP contribution in [-0.4, -0.2) is 80.0 Å². The minimum absolute atomic E-state index is 0.0365. The number of piperidine rings is 1. The minimum atomic E-state index is -1.02. The summed E-state index contributed by atoms with van der Waals surface area (Å²) in [5.41, 5.74) is 3.01. The first-order valence-corrected chi connectivity index (χ1v) is 16.0. The fraction of sp³-hybridized carbons (Fsp3) is 0.472. The number of rotatable bonds is 11. The number of aliphatic hydroxyl groups is 1. The number of carbonyl (C=O) groups excluding carboxylic acids is 1. The molecule has 2 N–H and O–H groups in total. The minimum Gasteiger partial charge on any atom is -0.465 e. The van der Waals surface area contributed by atoms with Crippen LogP contribution in [0.2, 0.25) is 0 Å². The van der Waals surface area contributed by atoms with Crippen molar-refractivity contribution in [3.05, 3.63) is 77.6 Å². The van der Waals surface area contributed by atoms with Gasteiger partial charge in [0.25, 0.3) is 0 Å². The molecule has 1 aliphatic heterocycles. The molecule has 45 heavy (non-hydrogen) atoms. The van der Waals surface area contributed by atoms with Crippen molar-refractivity contribution in [3.63, 3.8) is 0 Å². The zero-order chi connectivity index (χ0) is 32.1. The van der Waals surface area contributed by atoms with E-state index < -0.39 is 17.7 Å². The highest BCUT2D eigenvalue weighted by Crippen LogP contribution is 2.32. The van der Waals surface area contributed by atoms with Gasteiger partial charge in [0.15, 0.2) is 0 Å². The Kier molecular flexibility index (Phi) is 10.1. The normalized spacial score (nSPS) is 16.3. The molecule has 0 saturated carbocycles. The Balaban J connectivity index is 1.40. The third-order valence-corrected chi connectivity index (χ3v) is 8.88. The van der Waals surface area contributed by atoms with Gasteiger partial charge in [-0.3, -0.25) is 9.69 Å². The molecule has 5 rings (SSSR count). The smallest absolute Gasteiger partial charge is 0.408 e. The lowest BCUT2D eigenvalue weighted by molar-refractivity contribution is -0.134. The van der Waals surface area contributed by atoms with Crippen LogP contribution < -0.4 is 0 Å². The van der Waals surface area contributed by atoms with Crippen LogP contribution in [0.5, 0.6) is 0 Å². The third kappa shape index (κ3) is 7.48. The van der Waals surface area contributed by atoms with E-state index in [-0.39, 0.29) is 24.9 Å². The van der Waals surface area contributed by atoms with Crippen molar-refractivity contribution in [2.45, 2.75) is 83.5 Å². The van der Waals surface area contributed by atoms with Crippen molar-refractivity contribution in [1.82, 2.24) is 19.4 Å². The molecule has 1 fully saturated rings. The predicted octanol–water partition coefficient (Wildman–Crippen LogP) is 6.20. The summed E-state index contributed by atoms with van der Waals surface area (Å²) in [6.07, 6.45) is 2.10. The zero-order valence-corrected chi connectivity index (χ0v) is 26.9. The van der Waals surface area contributed by atoms with E-state index in [4.69, 9.17) is 9.72 Å². The van der Waals surface area contributed by atoms with Gasteiger partial charge in [-0.15, -0.1) is 0 Å². The number of methoxy groups -OCH3 is 1. The molecule has 2 atom stereocenters. The van der Waals surface area contributed by atoms with E-state index in [2.05, 4.69) is 28.8 Å². The number of imidazole rings is 1. The van der Waals surface area contributed by atoms with Gasteiger partial charge in [0.2, 0.25) is 5.91 Å². The van der Waals surface area contributed by atoms with Crippen LogP contribution in [0.25, 0.3) is 21.8 Å². The molecule has 1 aromatic heterocycles. The molecule has 3 aromatic carbocycles. The number of fused-ring (bicyclic) bond motifs is 2. The van der Waals surface area contributed by atoms with E-state index in [1.807, 2.05) is 62.1 Å². The highest BCUT2D eigenvalue weighted by molar-refractivity contribution is 5.83. The molecule has 0 aliphatic carbocycles. The molecule has 0 spiro atoms. The SMILES string of the molecule is COCCCn1c(C2CCCN(C(=O)C[C@@H](Cc3ccc4ccccc4c3)N(C(=O)O)C(C)(C)C)C2)nc2ccc(CO)cc21. The fourth-order valence-electron chi connectivity index (χ4n) is 6.83. The highest BCUT2D eigenvalue weighted by atomic mass is 16.5. The van der Waals surface area contributed by atoms with Gasteiger partial charge in [0, 0.05) is 57.3 Å². The summed E-state index contributed by atoms with van der Waals surface area (Å²) in [7, 11) is 1.69. The molecule has 1 unspecified atom stereocenters. The van der Waals surface area contributed by atoms with Crippen molar-refractivity contribution in [1.29, 1.82) is 0 Å². The second-order valence-electron chi connectivity index (χ2n) is 13.2. The van der Waals surface area contributed by atoms with Gasteiger partial charge in [-0.1, -0.05) is 48.5 Å². The first-order valence-electron chi connectivity index (χ1n) is 16.0. The Hall–Kier alpha value is -3.95. The molecular formula is C36H46N4O5. The number of aromatic nitrogens is 2. The van der Waals surface area contributed by atoms with Gasteiger partial charge in [0.1, 0.15) is 5.82 Å². The van der Waals surface area contributed by atoms with Gasteiger partial charge in [-0.2, -0.15) is 0 Å². The van der Waals surface area contributed by atoms with E-state index in [0.717, 1.165) is 64.6 Å². The van der Waals surface area contributed by atoms with Crippen LogP contribution >= 0.6 is 0 Å². The zero-order valence-electron chi connectivity index (χ0n) is 26.9. The van der Waals surface area contributed by atoms with Crippen molar-refractivity contribution >= 4 is 33.8 Å². The van der Waals surface area contributed by atoms with E-state index >= 15 is 0 Å². The molecule has 2 heterocycles. The second-order valence-corrected chi connectivity index (χ2v) is 13.2. The van der Waals surface area contributed by atoms with Crippen molar-refractivity contribution < 1.29 is 24.5 Å². The maximum absolute atomic E-state index is 14.0. The Morgan fingerprint density at radius 3 is 2.53 bits per heavy atom. The van der Waals surface area contributed by atoms with Crippen molar-refractivity contribution in [3.8, 4) is 0 Å². The average molecular weight is 615 g/mol. The summed E-state index contributed by atoms with van der Waals surface area (Å²) in [6, 6.07) is 19.6. The number of hydrogen-bond donors (Lipinski definition) is 2. The Morgan fingerprint density at radius 2 is 1.82 bits per heavy atom. The maximum atomic E-state index is 14.0. The second kappa shape index (κ2) is 14.0. The summed E-state index contributed by atoms with van der Waals surface area (Å²) in [5, 5.41) is 22.3. The quantitative estimate of drug-likeness (QED) is 0.195. The Morgan fingerprint density at radius 1 is 1.07 bits per heavy atom. The highest BCUT2D eigenvalue weighted by Gasteiger charge is 2.37. The number of carbonyl (C=O) groups is 2. The van der Waals surface area contributed by atoms with Gasteiger partial charge < -0.3 is 24.4 Å². The first kappa shape index (κ1) is 32.4. The summed E-state index contributed by atoms with van der Waals surface area (Å²) < 4.78 is 7.54. The van der Waals surface area contributed by atoms with E-state index in [1.54, 1.807) is 7.11 Å². The molecular weight excluding hydrogens is 568 g/mol. The van der Waals surface area contributed by atoms with Gasteiger partial charge >= 0.3 is 6.09 Å². The molecule has 2 amide bonds. The number of amides is 2. The van der Waals surface area contributed by atoms with Crippen LogP contribution in [0.4, 0.5) is 4.79 Å². The van der Waals surface area contributed by atoms with Gasteiger partial charge in [-0.25, -0.2) is 9.78 Å². The summed E-state index contributed by atoms with van der Waals surface area (Å²) in [4.78, 5) is 35.0. The number of benzene rings is 3. The maximum Gasteiger partial charge on any atom is 0.408 e. The number of aliphatic hydroxyl groups excluding tert-OH is 1. The molecule has 1 saturated heterocycles. The van der Waals surface area contributed by atoms with Crippen molar-refractivity contribution in [2.24, 2.45) is 0 Å². The largest absolute Gasteiger partial charge is 0.465 e. The lowest BCUT2D eigenvalue weighted by Gasteiger charge is -2.41. The lowest BCUT2D eigenvalue weighted by Crippen LogP contribution is -2.54. The van der Waals surface area contributed by atoms with Crippen LogP contribution in [0.15, 0.2) is 60.7 Å². The molecule has 9 nitrogen and oxygen atoms in total. The summed E-state index contributed by atoms with van der Waals surface area (Å²) in [5.74, 6) is 0.959. The Labute approximate surface area is 265 Å². The number of likely N-dealkylation sites (tertiary alicyclic amines) is 1. The molecule has 4 aromatic rings. The lowest BCUT2D eigenvalue weighted by atomic mass is 9.93. The van der Waals surface area contributed by atoms with Crippen LogP contribution in [-0.2, 0) is 29.1 Å². The van der Waals surface area contributed by atoms with Crippen molar-refractivity contribution in [2.75, 3.05) is 26.8 Å². The average Bonchev–Trinajstić information content (AvgIpc) is 3.38. The summed E-state index contributed by atoms with van der Waals surface area (Å²) in [6.45, 7) is 8.13. The van der Waals surface area contributed by atoms with E-state index in [0.29, 0.717) is 26.1 Å². The number of aryl methyl sites for hydroxylation is 1. The monoisotopic (exact) mass is 614 g/mol. The topological polar surface area (TPSA) is 108 Å². The fourth-order valence-corrected chi connectivity index (χ4v) is 6.83. The predicted molar refractivity (Wildman–Crippen MR) is 176 cm³/mol.